The van der Waals surface area contributed by atoms with Gasteiger partial charge in [0.1, 0.15) is 5.75 Å². The van der Waals surface area contributed by atoms with E-state index in [9.17, 15) is 4.79 Å². The predicted molar refractivity (Wildman–Crippen MR) is 96.9 cm³/mol. The molecule has 128 valence electrons. The summed E-state index contributed by atoms with van der Waals surface area (Å²) < 4.78 is 7.01. The molecular formula is C18H18N4O2S. The van der Waals surface area contributed by atoms with Crippen molar-refractivity contribution >= 4 is 17.5 Å². The van der Waals surface area contributed by atoms with Gasteiger partial charge >= 0.3 is 0 Å². The molecule has 0 bridgehead atoms. The highest BCUT2D eigenvalue weighted by molar-refractivity contribution is 8.00. The standard InChI is InChI=1S/C18H18N4O2S/c1-12(16(23)13-4-6-15(24-3)7-5-13)25-18-21-20-17(22(18)2)14-8-10-19-11-9-14/h4-12H,1-3H3/t12-/m0/s1. The number of benzene rings is 1. The number of nitrogens with zero attached hydrogens (tertiary/aromatic N) is 4. The summed E-state index contributed by atoms with van der Waals surface area (Å²) in [5, 5.41) is 8.87. The van der Waals surface area contributed by atoms with E-state index < -0.39 is 0 Å². The number of ketones is 1. The van der Waals surface area contributed by atoms with Gasteiger partial charge in [0.25, 0.3) is 0 Å². The van der Waals surface area contributed by atoms with E-state index in [4.69, 9.17) is 4.74 Å². The Morgan fingerprint density at radius 2 is 1.80 bits per heavy atom. The molecule has 2 aromatic heterocycles. The van der Waals surface area contributed by atoms with Crippen molar-refractivity contribution in [2.75, 3.05) is 7.11 Å². The molecule has 0 saturated heterocycles. The Labute approximate surface area is 150 Å². The Morgan fingerprint density at radius 3 is 2.44 bits per heavy atom. The van der Waals surface area contributed by atoms with E-state index in [1.165, 1.54) is 11.8 Å². The van der Waals surface area contributed by atoms with E-state index in [1.54, 1.807) is 43.8 Å². The van der Waals surface area contributed by atoms with Gasteiger partial charge < -0.3 is 9.30 Å². The van der Waals surface area contributed by atoms with Crippen molar-refractivity contribution in [2.45, 2.75) is 17.3 Å². The first-order valence-corrected chi connectivity index (χ1v) is 8.63. The van der Waals surface area contributed by atoms with Crippen LogP contribution in [0.1, 0.15) is 17.3 Å². The lowest BCUT2D eigenvalue weighted by Crippen LogP contribution is -2.14. The predicted octanol–water partition coefficient (Wildman–Crippen LogP) is 3.25. The number of hydrogen-bond acceptors (Lipinski definition) is 6. The maximum absolute atomic E-state index is 12.6. The number of Topliss-reactive ketones (excluding diaryl/α,β-unsaturated/α-hetero) is 1. The molecule has 2 heterocycles. The minimum Gasteiger partial charge on any atom is -0.497 e. The van der Waals surface area contributed by atoms with Crippen LogP contribution in [-0.4, -0.2) is 37.9 Å². The van der Waals surface area contributed by atoms with E-state index >= 15 is 0 Å². The number of ether oxygens (including phenoxy) is 1. The second-order valence-corrected chi connectivity index (χ2v) is 6.76. The summed E-state index contributed by atoms with van der Waals surface area (Å²) in [6.07, 6.45) is 3.43. The highest BCUT2D eigenvalue weighted by Gasteiger charge is 2.20. The van der Waals surface area contributed by atoms with Crippen molar-refractivity contribution in [3.63, 3.8) is 0 Å². The summed E-state index contributed by atoms with van der Waals surface area (Å²) in [5.74, 6) is 1.52. The molecule has 0 radical (unpaired) electrons. The molecule has 0 amide bonds. The Balaban J connectivity index is 1.75. The summed E-state index contributed by atoms with van der Waals surface area (Å²) in [4.78, 5) is 16.6. The number of carbonyl (C=O) groups excluding carboxylic acids is 1. The SMILES string of the molecule is COc1ccc(C(=O)[C@H](C)Sc2nnc(-c3ccncc3)n2C)cc1. The third-order valence-electron chi connectivity index (χ3n) is 3.80. The first-order valence-electron chi connectivity index (χ1n) is 7.75. The van der Waals surface area contributed by atoms with Gasteiger partial charge in [-0.15, -0.1) is 10.2 Å². The zero-order valence-corrected chi connectivity index (χ0v) is 15.0. The summed E-state index contributed by atoms with van der Waals surface area (Å²) >= 11 is 1.39. The first kappa shape index (κ1) is 17.2. The Hall–Kier alpha value is -2.67. The van der Waals surface area contributed by atoms with Gasteiger partial charge in [0.15, 0.2) is 16.8 Å². The molecule has 3 aromatic rings. The molecule has 0 aliphatic carbocycles. The molecule has 6 nitrogen and oxygen atoms in total. The molecule has 0 N–H and O–H groups in total. The summed E-state index contributed by atoms with van der Waals surface area (Å²) in [5.41, 5.74) is 1.59. The van der Waals surface area contributed by atoms with E-state index in [0.29, 0.717) is 10.7 Å². The monoisotopic (exact) mass is 354 g/mol. The zero-order chi connectivity index (χ0) is 17.8. The molecule has 0 saturated carbocycles. The van der Waals surface area contributed by atoms with Gasteiger partial charge in [-0.25, -0.2) is 0 Å². The van der Waals surface area contributed by atoms with Gasteiger partial charge in [0.05, 0.1) is 12.4 Å². The summed E-state index contributed by atoms with van der Waals surface area (Å²) in [7, 11) is 3.49. The van der Waals surface area contributed by atoms with E-state index in [1.807, 2.05) is 30.7 Å². The summed E-state index contributed by atoms with van der Waals surface area (Å²) in [6, 6.07) is 10.9. The fourth-order valence-corrected chi connectivity index (χ4v) is 3.26. The fourth-order valence-electron chi connectivity index (χ4n) is 2.37. The Kier molecular flexibility index (Phi) is 5.14. The average Bonchev–Trinajstić information content (AvgIpc) is 3.02. The lowest BCUT2D eigenvalue weighted by molar-refractivity contribution is 0.0994. The minimum atomic E-state index is -0.276. The van der Waals surface area contributed by atoms with Crippen molar-refractivity contribution in [1.82, 2.24) is 19.7 Å². The molecule has 1 aromatic carbocycles. The fraction of sp³-hybridized carbons (Fsp3) is 0.222. The third kappa shape index (κ3) is 3.71. The van der Waals surface area contributed by atoms with Crippen molar-refractivity contribution in [3.05, 3.63) is 54.4 Å². The Morgan fingerprint density at radius 1 is 1.12 bits per heavy atom. The van der Waals surface area contributed by atoms with Gasteiger partial charge in [-0.1, -0.05) is 11.8 Å². The largest absolute Gasteiger partial charge is 0.497 e. The molecule has 25 heavy (non-hydrogen) atoms. The van der Waals surface area contributed by atoms with Crippen LogP contribution in [0.5, 0.6) is 5.75 Å². The molecule has 0 spiro atoms. The normalized spacial score (nSPS) is 12.0. The van der Waals surface area contributed by atoms with Crippen LogP contribution in [0, 0.1) is 0 Å². The molecule has 7 heteroatoms. The van der Waals surface area contributed by atoms with Crippen LogP contribution in [0.3, 0.4) is 0 Å². The van der Waals surface area contributed by atoms with Crippen LogP contribution >= 0.6 is 11.8 Å². The third-order valence-corrected chi connectivity index (χ3v) is 4.93. The number of methoxy groups -OCH3 is 1. The number of pyridine rings is 1. The van der Waals surface area contributed by atoms with Crippen LogP contribution in [0.25, 0.3) is 11.4 Å². The van der Waals surface area contributed by atoms with Crippen LogP contribution in [0.2, 0.25) is 0 Å². The van der Waals surface area contributed by atoms with Crippen molar-refractivity contribution in [1.29, 1.82) is 0 Å². The van der Waals surface area contributed by atoms with Gasteiger partial charge in [0.2, 0.25) is 0 Å². The topological polar surface area (TPSA) is 69.9 Å². The second-order valence-electron chi connectivity index (χ2n) is 5.45. The quantitative estimate of drug-likeness (QED) is 0.500. The van der Waals surface area contributed by atoms with Crippen molar-refractivity contribution in [3.8, 4) is 17.1 Å². The maximum Gasteiger partial charge on any atom is 0.191 e. The highest BCUT2D eigenvalue weighted by atomic mass is 32.2. The maximum atomic E-state index is 12.6. The smallest absolute Gasteiger partial charge is 0.191 e. The number of thioether (sulfide) groups is 1. The minimum absolute atomic E-state index is 0.0427. The van der Waals surface area contributed by atoms with Crippen molar-refractivity contribution in [2.24, 2.45) is 7.05 Å². The van der Waals surface area contributed by atoms with Crippen LogP contribution in [0.15, 0.2) is 53.9 Å². The van der Waals surface area contributed by atoms with Crippen LogP contribution < -0.4 is 4.74 Å². The van der Waals surface area contributed by atoms with E-state index in [-0.39, 0.29) is 11.0 Å². The Bertz CT molecular complexity index is 863. The number of aromatic nitrogens is 4. The lowest BCUT2D eigenvalue weighted by atomic mass is 10.1. The molecule has 0 fully saturated rings. The average molecular weight is 354 g/mol. The molecule has 1 atom stereocenters. The molecule has 0 aliphatic heterocycles. The second kappa shape index (κ2) is 7.48. The summed E-state index contributed by atoms with van der Waals surface area (Å²) in [6.45, 7) is 1.87. The van der Waals surface area contributed by atoms with Crippen LogP contribution in [-0.2, 0) is 7.05 Å². The molecule has 0 unspecified atom stereocenters. The van der Waals surface area contributed by atoms with Crippen molar-refractivity contribution < 1.29 is 9.53 Å². The van der Waals surface area contributed by atoms with E-state index in [2.05, 4.69) is 15.2 Å². The number of carbonyl (C=O) groups is 1. The van der Waals surface area contributed by atoms with E-state index in [0.717, 1.165) is 17.1 Å². The van der Waals surface area contributed by atoms with Gasteiger partial charge in [0, 0.05) is 30.6 Å². The van der Waals surface area contributed by atoms with Gasteiger partial charge in [-0.2, -0.15) is 0 Å². The zero-order valence-electron chi connectivity index (χ0n) is 14.2. The highest BCUT2D eigenvalue weighted by Crippen LogP contribution is 2.27. The van der Waals surface area contributed by atoms with Gasteiger partial charge in [-0.05, 0) is 43.3 Å². The molecular weight excluding hydrogens is 336 g/mol. The first-order chi connectivity index (χ1) is 12.1. The van der Waals surface area contributed by atoms with Crippen LogP contribution in [0.4, 0.5) is 0 Å². The lowest BCUT2D eigenvalue weighted by Gasteiger charge is -2.10. The van der Waals surface area contributed by atoms with Gasteiger partial charge in [-0.3, -0.25) is 9.78 Å². The number of rotatable bonds is 6. The molecule has 0 aliphatic rings. The number of hydrogen-bond donors (Lipinski definition) is 0. The molecule has 3 rings (SSSR count).